The summed E-state index contributed by atoms with van der Waals surface area (Å²) in [5.74, 6) is -0.380. The minimum atomic E-state index is -0.319. The van der Waals surface area contributed by atoms with E-state index in [-0.39, 0.29) is 11.6 Å². The van der Waals surface area contributed by atoms with Gasteiger partial charge >= 0.3 is 0 Å². The van der Waals surface area contributed by atoms with Crippen molar-refractivity contribution in [3.63, 3.8) is 0 Å². The number of hydrogen-bond donors (Lipinski definition) is 0. The van der Waals surface area contributed by atoms with Crippen LogP contribution in [0.2, 0.25) is 0 Å². The summed E-state index contributed by atoms with van der Waals surface area (Å²) in [5.41, 5.74) is 0.521. The Morgan fingerprint density at radius 1 is 1.58 bits per heavy atom. The second kappa shape index (κ2) is 3.83. The molecular formula is C8H5BrFIO. The maximum absolute atomic E-state index is 13.0. The van der Waals surface area contributed by atoms with Crippen LogP contribution in [0.15, 0.2) is 16.6 Å². The number of ketones is 1. The predicted octanol–water partition coefficient (Wildman–Crippen LogP) is 3.40. The molecule has 64 valence electrons. The largest absolute Gasteiger partial charge is 0.295 e. The maximum atomic E-state index is 13.0. The fourth-order valence-corrected chi connectivity index (χ4v) is 2.22. The lowest BCUT2D eigenvalue weighted by atomic mass is 10.1. The SMILES string of the molecule is CC(=O)c1cc(Br)c(F)c(I)c1. The molecule has 0 aliphatic rings. The highest BCUT2D eigenvalue weighted by Gasteiger charge is 2.08. The van der Waals surface area contributed by atoms with E-state index in [2.05, 4.69) is 15.9 Å². The number of carbonyl (C=O) groups excluding carboxylic acids is 1. The van der Waals surface area contributed by atoms with Crippen LogP contribution in [0, 0.1) is 9.39 Å². The fraction of sp³-hybridized carbons (Fsp3) is 0.125. The molecule has 1 aromatic carbocycles. The maximum Gasteiger partial charge on any atom is 0.159 e. The zero-order chi connectivity index (χ0) is 9.30. The van der Waals surface area contributed by atoms with Gasteiger partial charge in [-0.15, -0.1) is 0 Å². The van der Waals surface area contributed by atoms with Crippen molar-refractivity contribution in [2.75, 3.05) is 0 Å². The smallest absolute Gasteiger partial charge is 0.159 e. The van der Waals surface area contributed by atoms with E-state index in [0.717, 1.165) is 0 Å². The van der Waals surface area contributed by atoms with Crippen LogP contribution in [0.1, 0.15) is 17.3 Å². The van der Waals surface area contributed by atoms with Gasteiger partial charge in [0.2, 0.25) is 0 Å². The van der Waals surface area contributed by atoms with Crippen molar-refractivity contribution < 1.29 is 9.18 Å². The number of halogens is 3. The molecule has 12 heavy (non-hydrogen) atoms. The molecule has 0 saturated heterocycles. The van der Waals surface area contributed by atoms with E-state index in [4.69, 9.17) is 0 Å². The van der Waals surface area contributed by atoms with E-state index in [9.17, 15) is 9.18 Å². The van der Waals surface area contributed by atoms with Crippen LogP contribution < -0.4 is 0 Å². The van der Waals surface area contributed by atoms with Gasteiger partial charge in [-0.3, -0.25) is 4.79 Å². The lowest BCUT2D eigenvalue weighted by Gasteiger charge is -2.00. The zero-order valence-electron chi connectivity index (χ0n) is 6.20. The van der Waals surface area contributed by atoms with Gasteiger partial charge in [0.1, 0.15) is 0 Å². The van der Waals surface area contributed by atoms with Crippen LogP contribution in [0.25, 0.3) is 0 Å². The number of benzene rings is 1. The van der Waals surface area contributed by atoms with Crippen molar-refractivity contribution in [3.05, 3.63) is 31.6 Å². The van der Waals surface area contributed by atoms with Crippen molar-refractivity contribution in [1.29, 1.82) is 0 Å². The van der Waals surface area contributed by atoms with Gasteiger partial charge < -0.3 is 0 Å². The third-order valence-corrected chi connectivity index (χ3v) is 2.75. The third kappa shape index (κ3) is 2.04. The molecule has 0 unspecified atom stereocenters. The van der Waals surface area contributed by atoms with Crippen LogP contribution >= 0.6 is 38.5 Å². The van der Waals surface area contributed by atoms with Crippen molar-refractivity contribution >= 4 is 44.3 Å². The number of hydrogen-bond acceptors (Lipinski definition) is 1. The first-order valence-electron chi connectivity index (χ1n) is 3.18. The van der Waals surface area contributed by atoms with Crippen LogP contribution in [-0.2, 0) is 0 Å². The van der Waals surface area contributed by atoms with Crippen molar-refractivity contribution in [3.8, 4) is 0 Å². The molecule has 0 saturated carbocycles. The molecule has 0 aliphatic heterocycles. The summed E-state index contributed by atoms with van der Waals surface area (Å²) in [7, 11) is 0. The van der Waals surface area contributed by atoms with Crippen molar-refractivity contribution in [2.24, 2.45) is 0 Å². The van der Waals surface area contributed by atoms with Gasteiger partial charge in [0.05, 0.1) is 8.04 Å². The lowest BCUT2D eigenvalue weighted by molar-refractivity contribution is 0.101. The zero-order valence-corrected chi connectivity index (χ0v) is 9.94. The molecule has 0 aromatic heterocycles. The average molecular weight is 343 g/mol. The summed E-state index contributed by atoms with van der Waals surface area (Å²) in [5, 5.41) is 0. The van der Waals surface area contributed by atoms with E-state index in [1.165, 1.54) is 19.1 Å². The van der Waals surface area contributed by atoms with E-state index < -0.39 is 0 Å². The van der Waals surface area contributed by atoms with E-state index in [1.54, 1.807) is 0 Å². The van der Waals surface area contributed by atoms with Crippen molar-refractivity contribution in [2.45, 2.75) is 6.92 Å². The highest BCUT2D eigenvalue weighted by atomic mass is 127. The Hall–Kier alpha value is 0.0300. The Kier molecular flexibility index (Phi) is 3.22. The summed E-state index contributed by atoms with van der Waals surface area (Å²) in [6.07, 6.45) is 0. The third-order valence-electron chi connectivity index (χ3n) is 1.39. The molecule has 0 heterocycles. The molecule has 0 atom stereocenters. The lowest BCUT2D eigenvalue weighted by Crippen LogP contribution is -1.95. The summed E-state index contributed by atoms with van der Waals surface area (Å²) in [6.45, 7) is 1.45. The minimum absolute atomic E-state index is 0.0615. The summed E-state index contributed by atoms with van der Waals surface area (Å²) < 4.78 is 13.8. The Morgan fingerprint density at radius 3 is 2.58 bits per heavy atom. The van der Waals surface area contributed by atoms with Gasteiger partial charge in [-0.05, 0) is 57.6 Å². The Bertz CT molecular complexity index is 315. The average Bonchev–Trinajstić information content (AvgIpc) is 1.99. The Labute approximate surface area is 91.6 Å². The number of carbonyl (C=O) groups is 1. The van der Waals surface area contributed by atoms with Crippen LogP contribution in [0.5, 0.6) is 0 Å². The first-order valence-corrected chi connectivity index (χ1v) is 5.05. The highest BCUT2D eigenvalue weighted by Crippen LogP contribution is 2.22. The monoisotopic (exact) mass is 342 g/mol. The van der Waals surface area contributed by atoms with Gasteiger partial charge in [-0.1, -0.05) is 0 Å². The Morgan fingerprint density at radius 2 is 2.17 bits per heavy atom. The molecule has 4 heteroatoms. The summed E-state index contributed by atoms with van der Waals surface area (Å²) in [4.78, 5) is 10.9. The van der Waals surface area contributed by atoms with Crippen molar-refractivity contribution in [1.82, 2.24) is 0 Å². The second-order valence-electron chi connectivity index (χ2n) is 2.31. The van der Waals surface area contributed by atoms with Gasteiger partial charge in [-0.25, -0.2) is 4.39 Å². The van der Waals surface area contributed by atoms with Crippen LogP contribution in [0.3, 0.4) is 0 Å². The number of rotatable bonds is 1. The molecule has 0 amide bonds. The molecule has 0 bridgehead atoms. The number of Topliss-reactive ketones (excluding diaryl/α,β-unsaturated/α-hetero) is 1. The fourth-order valence-electron chi connectivity index (χ4n) is 0.759. The normalized spacial score (nSPS) is 10.0. The molecule has 1 aromatic rings. The van der Waals surface area contributed by atoms with Gasteiger partial charge in [0.15, 0.2) is 11.6 Å². The molecule has 0 aliphatic carbocycles. The topological polar surface area (TPSA) is 17.1 Å². The van der Waals surface area contributed by atoms with E-state index in [0.29, 0.717) is 13.6 Å². The van der Waals surface area contributed by atoms with Crippen LogP contribution in [-0.4, -0.2) is 5.78 Å². The first-order chi connectivity index (χ1) is 5.52. The molecule has 0 N–H and O–H groups in total. The highest BCUT2D eigenvalue weighted by molar-refractivity contribution is 14.1. The molecular weight excluding hydrogens is 338 g/mol. The second-order valence-corrected chi connectivity index (χ2v) is 4.33. The van der Waals surface area contributed by atoms with Gasteiger partial charge in [-0.2, -0.15) is 0 Å². The first kappa shape index (κ1) is 10.1. The minimum Gasteiger partial charge on any atom is -0.295 e. The summed E-state index contributed by atoms with van der Waals surface area (Å²) >= 11 is 4.88. The molecule has 0 spiro atoms. The van der Waals surface area contributed by atoms with Gasteiger partial charge in [0.25, 0.3) is 0 Å². The van der Waals surface area contributed by atoms with E-state index in [1.807, 2.05) is 22.6 Å². The standard InChI is InChI=1S/C8H5BrFIO/c1-4(12)5-2-6(9)8(10)7(11)3-5/h2-3H,1H3. The molecule has 0 fully saturated rings. The molecule has 1 nitrogen and oxygen atoms in total. The predicted molar refractivity (Wildman–Crippen MR) is 56.8 cm³/mol. The molecule has 0 radical (unpaired) electrons. The molecule has 1 rings (SSSR count). The summed E-state index contributed by atoms with van der Waals surface area (Å²) in [6, 6.07) is 3.02. The van der Waals surface area contributed by atoms with Gasteiger partial charge in [0, 0.05) is 5.56 Å². The van der Waals surface area contributed by atoms with Crippen LogP contribution in [0.4, 0.5) is 4.39 Å². The van der Waals surface area contributed by atoms with E-state index >= 15 is 0 Å². The Balaban J connectivity index is 3.31. The quantitative estimate of drug-likeness (QED) is 0.434.